The summed E-state index contributed by atoms with van der Waals surface area (Å²) in [6.45, 7) is 7.86. The molecule has 0 saturated carbocycles. The molecule has 0 fully saturated rings. The Kier molecular flexibility index (Phi) is 4.99. The van der Waals surface area contributed by atoms with Gasteiger partial charge in [0.1, 0.15) is 5.54 Å². The maximum atomic E-state index is 12.7. The maximum Gasteiger partial charge on any atom is 0.412 e. The molecule has 1 aromatic carbocycles. The molecule has 24 heavy (non-hydrogen) atoms. The number of nitrogens with one attached hydrogen (secondary N) is 2. The van der Waals surface area contributed by atoms with Crippen molar-refractivity contribution in [3.8, 4) is 0 Å². The highest BCUT2D eigenvalue weighted by Gasteiger charge is 2.45. The Morgan fingerprint density at radius 3 is 2.33 bits per heavy atom. The van der Waals surface area contributed by atoms with Crippen molar-refractivity contribution in [2.45, 2.75) is 33.2 Å². The number of carbonyl (C=O) groups is 2. The highest BCUT2D eigenvalue weighted by atomic mass is 16.6. The Bertz CT molecular complexity index is 701. The van der Waals surface area contributed by atoms with Gasteiger partial charge in [-0.05, 0) is 44.4 Å². The fourth-order valence-corrected chi connectivity index (χ4v) is 3.25. The summed E-state index contributed by atoms with van der Waals surface area (Å²) in [4.78, 5) is 24.5. The first kappa shape index (κ1) is 18.0. The van der Waals surface area contributed by atoms with Crippen molar-refractivity contribution in [1.82, 2.24) is 10.6 Å². The summed E-state index contributed by atoms with van der Waals surface area (Å²) in [7, 11) is 3.01. The van der Waals surface area contributed by atoms with Gasteiger partial charge < -0.3 is 20.1 Å². The van der Waals surface area contributed by atoms with Gasteiger partial charge in [-0.25, -0.2) is 4.79 Å². The molecule has 0 aromatic heterocycles. The van der Waals surface area contributed by atoms with Crippen molar-refractivity contribution in [3.63, 3.8) is 0 Å². The molecule has 2 amide bonds. The lowest BCUT2D eigenvalue weighted by Crippen LogP contribution is -2.46. The van der Waals surface area contributed by atoms with E-state index in [1.165, 1.54) is 14.2 Å². The summed E-state index contributed by atoms with van der Waals surface area (Å²) in [5.41, 5.74) is 3.29. The lowest BCUT2D eigenvalue weighted by molar-refractivity contribution is -0.116. The fourth-order valence-electron chi connectivity index (χ4n) is 3.25. The van der Waals surface area contributed by atoms with Crippen LogP contribution in [-0.2, 0) is 14.3 Å². The van der Waals surface area contributed by atoms with Crippen LogP contribution in [0.2, 0.25) is 0 Å². The van der Waals surface area contributed by atoms with E-state index in [0.717, 1.165) is 22.3 Å². The number of methoxy groups -OCH3 is 1. The zero-order valence-corrected chi connectivity index (χ0v) is 15.0. The summed E-state index contributed by atoms with van der Waals surface area (Å²) in [5, 5.41) is 5.31. The van der Waals surface area contributed by atoms with E-state index in [4.69, 9.17) is 9.47 Å². The van der Waals surface area contributed by atoms with Gasteiger partial charge in [0.2, 0.25) is 0 Å². The van der Waals surface area contributed by atoms with Crippen LogP contribution in [-0.4, -0.2) is 38.3 Å². The molecule has 1 aliphatic rings. The van der Waals surface area contributed by atoms with Gasteiger partial charge >= 0.3 is 6.09 Å². The third-order valence-electron chi connectivity index (χ3n) is 4.10. The van der Waals surface area contributed by atoms with Crippen molar-refractivity contribution in [3.05, 3.63) is 40.1 Å². The van der Waals surface area contributed by atoms with Gasteiger partial charge in [-0.1, -0.05) is 17.7 Å². The van der Waals surface area contributed by atoms with Gasteiger partial charge in [0.25, 0.3) is 5.91 Å². The molecule has 1 atom stereocenters. The normalized spacial score (nSPS) is 20.2. The molecule has 1 aromatic rings. The van der Waals surface area contributed by atoms with Crippen LogP contribution in [0.4, 0.5) is 4.79 Å². The van der Waals surface area contributed by atoms with Gasteiger partial charge in [0, 0.05) is 14.2 Å². The topological polar surface area (TPSA) is 76.7 Å². The van der Waals surface area contributed by atoms with Gasteiger partial charge in [-0.2, -0.15) is 0 Å². The van der Waals surface area contributed by atoms with Crippen LogP contribution in [0, 0.1) is 20.8 Å². The predicted octanol–water partition coefficient (Wildman–Crippen LogP) is 2.21. The Morgan fingerprint density at radius 2 is 1.83 bits per heavy atom. The second-order valence-corrected chi connectivity index (χ2v) is 6.34. The van der Waals surface area contributed by atoms with Crippen molar-refractivity contribution in [1.29, 1.82) is 0 Å². The standard InChI is InChI=1S/C18H24N2O4/c1-10-7-11(2)13(12(3)8-10)14-15(24-17(22)19-5)18(4,9-23-6)20-16(14)21/h7-8H,9H2,1-6H3,(H,19,22)(H,20,21). The highest BCUT2D eigenvalue weighted by Crippen LogP contribution is 2.37. The molecule has 1 unspecified atom stereocenters. The zero-order valence-electron chi connectivity index (χ0n) is 15.0. The predicted molar refractivity (Wildman–Crippen MR) is 91.5 cm³/mol. The number of alkyl carbamates (subject to hydrolysis) is 1. The lowest BCUT2D eigenvalue weighted by atomic mass is 9.91. The first-order chi connectivity index (χ1) is 11.2. The summed E-state index contributed by atoms with van der Waals surface area (Å²) < 4.78 is 10.7. The molecule has 2 rings (SSSR count). The number of hydrogen-bond acceptors (Lipinski definition) is 4. The van der Waals surface area contributed by atoms with Crippen molar-refractivity contribution in [2.24, 2.45) is 0 Å². The van der Waals surface area contributed by atoms with Crippen LogP contribution in [0.5, 0.6) is 0 Å². The van der Waals surface area contributed by atoms with Gasteiger partial charge in [-0.15, -0.1) is 0 Å². The second kappa shape index (κ2) is 6.65. The largest absolute Gasteiger partial charge is 0.412 e. The minimum atomic E-state index is -0.905. The second-order valence-electron chi connectivity index (χ2n) is 6.34. The molecule has 2 N–H and O–H groups in total. The lowest BCUT2D eigenvalue weighted by Gasteiger charge is -2.26. The average molecular weight is 332 g/mol. The zero-order chi connectivity index (χ0) is 18.1. The minimum absolute atomic E-state index is 0.193. The number of carbonyl (C=O) groups excluding carboxylic acids is 2. The van der Waals surface area contributed by atoms with Crippen LogP contribution in [0.25, 0.3) is 5.57 Å². The van der Waals surface area contributed by atoms with Crippen molar-refractivity contribution in [2.75, 3.05) is 20.8 Å². The molecule has 0 radical (unpaired) electrons. The summed E-state index contributed by atoms with van der Waals surface area (Å²) in [6.07, 6.45) is -0.622. The molecule has 0 bridgehead atoms. The molecule has 0 aliphatic carbocycles. The summed E-state index contributed by atoms with van der Waals surface area (Å²) >= 11 is 0. The Labute approximate surface area is 142 Å². The monoisotopic (exact) mass is 332 g/mol. The Morgan fingerprint density at radius 1 is 1.25 bits per heavy atom. The van der Waals surface area contributed by atoms with Gasteiger partial charge in [-0.3, -0.25) is 4.79 Å². The molecule has 6 nitrogen and oxygen atoms in total. The molecule has 0 saturated heterocycles. The van der Waals surface area contributed by atoms with Crippen LogP contribution >= 0.6 is 0 Å². The third kappa shape index (κ3) is 3.14. The van der Waals surface area contributed by atoms with Crippen LogP contribution < -0.4 is 10.6 Å². The van der Waals surface area contributed by atoms with Crippen LogP contribution in [0.15, 0.2) is 17.9 Å². The quantitative estimate of drug-likeness (QED) is 0.886. The molecule has 1 heterocycles. The molecule has 0 spiro atoms. The molecule has 1 aliphatic heterocycles. The Balaban J connectivity index is 2.71. The molecular formula is C18H24N2O4. The van der Waals surface area contributed by atoms with Crippen LogP contribution in [0.1, 0.15) is 29.2 Å². The van der Waals surface area contributed by atoms with Crippen molar-refractivity contribution < 1.29 is 19.1 Å². The van der Waals surface area contributed by atoms with Gasteiger partial charge in [0.05, 0.1) is 12.2 Å². The minimum Gasteiger partial charge on any atom is -0.411 e. The fraction of sp³-hybridized carbons (Fsp3) is 0.444. The van der Waals surface area contributed by atoms with E-state index >= 15 is 0 Å². The van der Waals surface area contributed by atoms with E-state index in [1.807, 2.05) is 32.9 Å². The summed E-state index contributed by atoms with van der Waals surface area (Å²) in [6, 6.07) is 4.01. The highest BCUT2D eigenvalue weighted by molar-refractivity contribution is 6.24. The number of ether oxygens (including phenoxy) is 2. The van der Waals surface area contributed by atoms with E-state index in [9.17, 15) is 9.59 Å². The third-order valence-corrected chi connectivity index (χ3v) is 4.10. The SMILES string of the molecule is CNC(=O)OC1=C(c2c(C)cc(C)cc2C)C(=O)NC1(C)COC. The number of amides is 2. The van der Waals surface area contributed by atoms with Crippen LogP contribution in [0.3, 0.4) is 0 Å². The number of aryl methyl sites for hydroxylation is 3. The number of hydrogen-bond donors (Lipinski definition) is 2. The van der Waals surface area contributed by atoms with Crippen molar-refractivity contribution >= 4 is 17.6 Å². The van der Waals surface area contributed by atoms with E-state index in [0.29, 0.717) is 5.57 Å². The smallest absolute Gasteiger partial charge is 0.411 e. The maximum absolute atomic E-state index is 12.7. The first-order valence-electron chi connectivity index (χ1n) is 7.77. The molecule has 6 heteroatoms. The van der Waals surface area contributed by atoms with E-state index in [2.05, 4.69) is 10.6 Å². The number of benzene rings is 1. The Hall–Kier alpha value is -2.34. The van der Waals surface area contributed by atoms with E-state index < -0.39 is 11.6 Å². The average Bonchev–Trinajstić information content (AvgIpc) is 2.70. The summed E-state index contributed by atoms with van der Waals surface area (Å²) in [5.74, 6) is 0.00672. The van der Waals surface area contributed by atoms with Gasteiger partial charge in [0.15, 0.2) is 5.76 Å². The molecule has 130 valence electrons. The van der Waals surface area contributed by atoms with E-state index in [-0.39, 0.29) is 18.3 Å². The van der Waals surface area contributed by atoms with E-state index in [1.54, 1.807) is 6.92 Å². The first-order valence-corrected chi connectivity index (χ1v) is 7.77. The number of rotatable bonds is 4. The molecular weight excluding hydrogens is 308 g/mol.